The predicted octanol–water partition coefficient (Wildman–Crippen LogP) is 7.99. The first-order chi connectivity index (χ1) is 15.8. The van der Waals surface area contributed by atoms with Gasteiger partial charge in [-0.2, -0.15) is 0 Å². The van der Waals surface area contributed by atoms with Crippen molar-refractivity contribution in [3.63, 3.8) is 0 Å². The highest BCUT2D eigenvalue weighted by Crippen LogP contribution is 2.40. The van der Waals surface area contributed by atoms with Crippen LogP contribution in [0.15, 0.2) is 78.9 Å². The number of aromatic amines is 1. The molecule has 4 rings (SSSR count). The molecule has 4 aromatic rings. The highest BCUT2D eigenvalue weighted by atomic mass is 19.1. The van der Waals surface area contributed by atoms with Crippen molar-refractivity contribution in [2.75, 3.05) is 5.32 Å². The fourth-order valence-electron chi connectivity index (χ4n) is 4.06. The number of carbonyl (C=O) groups excluding carboxylic acids is 1. The minimum atomic E-state index is -0.292. The smallest absolute Gasteiger partial charge is 0.258 e. The Morgan fingerprint density at radius 2 is 1.39 bits per heavy atom. The number of hydrogen-bond donors (Lipinski definition) is 2. The number of anilines is 1. The maximum atomic E-state index is 13.7. The topological polar surface area (TPSA) is 44.9 Å². The molecule has 1 aromatic heterocycles. The zero-order chi connectivity index (χ0) is 23.5. The van der Waals surface area contributed by atoms with Gasteiger partial charge >= 0.3 is 0 Å². The summed E-state index contributed by atoms with van der Waals surface area (Å²) in [6, 6.07) is 24.2. The van der Waals surface area contributed by atoms with Crippen LogP contribution in [0.25, 0.3) is 22.4 Å². The molecular weight excluding hydrogens is 411 g/mol. The fraction of sp³-hybridized carbons (Fsp3) is 0.207. The van der Waals surface area contributed by atoms with Crippen molar-refractivity contribution in [3.05, 3.63) is 102 Å². The molecule has 1 heterocycles. The summed E-state index contributed by atoms with van der Waals surface area (Å²) >= 11 is 0. The number of para-hydroxylation sites is 1. The Morgan fingerprint density at radius 1 is 0.788 bits per heavy atom. The van der Waals surface area contributed by atoms with Crippen molar-refractivity contribution in [2.45, 2.75) is 39.5 Å². The first kappa shape index (κ1) is 22.5. The molecule has 0 atom stereocenters. The molecule has 0 aliphatic rings. The van der Waals surface area contributed by atoms with Crippen LogP contribution in [0.1, 0.15) is 61.1 Å². The number of hydrogen-bond acceptors (Lipinski definition) is 1. The molecule has 0 aliphatic carbocycles. The zero-order valence-corrected chi connectivity index (χ0v) is 19.4. The quantitative estimate of drug-likeness (QED) is 0.313. The summed E-state index contributed by atoms with van der Waals surface area (Å²) in [5.41, 5.74) is 6.86. The lowest BCUT2D eigenvalue weighted by Crippen LogP contribution is -2.15. The van der Waals surface area contributed by atoms with Crippen LogP contribution < -0.4 is 5.32 Å². The second kappa shape index (κ2) is 9.45. The minimum Gasteiger partial charge on any atom is -0.357 e. The van der Waals surface area contributed by atoms with E-state index in [0.717, 1.165) is 33.8 Å². The summed E-state index contributed by atoms with van der Waals surface area (Å²) in [5, 5.41) is 3.05. The van der Waals surface area contributed by atoms with Gasteiger partial charge in [0.15, 0.2) is 0 Å². The number of nitrogens with one attached hydrogen (secondary N) is 2. The summed E-state index contributed by atoms with van der Waals surface area (Å²) in [7, 11) is 0. The molecule has 2 N–H and O–H groups in total. The van der Waals surface area contributed by atoms with E-state index in [1.807, 2.05) is 30.3 Å². The summed E-state index contributed by atoms with van der Waals surface area (Å²) < 4.78 is 13.7. The number of amides is 1. The van der Waals surface area contributed by atoms with E-state index in [9.17, 15) is 9.18 Å². The van der Waals surface area contributed by atoms with Crippen LogP contribution in [0.5, 0.6) is 0 Å². The Labute approximate surface area is 194 Å². The van der Waals surface area contributed by atoms with E-state index < -0.39 is 0 Å². The lowest BCUT2D eigenvalue weighted by Gasteiger charge is -2.13. The standard InChI is InChI=1S/C29H29FN2O/c1-18(2)20-10-12-21(13-11-20)25-26(29(33)31-24-8-6-5-7-9-24)27(19(3)4)32-28(25)22-14-16-23(30)17-15-22/h5-19,32H,1-4H3,(H,31,33). The van der Waals surface area contributed by atoms with Gasteiger partial charge in [-0.05, 0) is 64.9 Å². The van der Waals surface area contributed by atoms with Gasteiger partial charge in [0.25, 0.3) is 5.91 Å². The molecular formula is C29H29FN2O. The van der Waals surface area contributed by atoms with Crippen molar-refractivity contribution in [1.82, 2.24) is 4.98 Å². The van der Waals surface area contributed by atoms with Crippen LogP contribution in [-0.4, -0.2) is 10.9 Å². The third-order valence-corrected chi connectivity index (χ3v) is 5.86. The Balaban J connectivity index is 1.92. The van der Waals surface area contributed by atoms with Gasteiger partial charge in [0, 0.05) is 16.9 Å². The molecule has 0 radical (unpaired) electrons. The van der Waals surface area contributed by atoms with Crippen LogP contribution in [0.4, 0.5) is 10.1 Å². The first-order valence-corrected chi connectivity index (χ1v) is 11.3. The van der Waals surface area contributed by atoms with E-state index in [1.54, 1.807) is 12.1 Å². The fourth-order valence-corrected chi connectivity index (χ4v) is 4.06. The summed E-state index contributed by atoms with van der Waals surface area (Å²) in [6.45, 7) is 8.44. The third-order valence-electron chi connectivity index (χ3n) is 5.86. The second-order valence-corrected chi connectivity index (χ2v) is 8.92. The summed E-state index contributed by atoms with van der Waals surface area (Å²) in [6.07, 6.45) is 0. The third kappa shape index (κ3) is 4.75. The van der Waals surface area contributed by atoms with E-state index in [2.05, 4.69) is 62.3 Å². The Morgan fingerprint density at radius 3 is 1.97 bits per heavy atom. The molecule has 0 unspecified atom stereocenters. The molecule has 4 heteroatoms. The van der Waals surface area contributed by atoms with Gasteiger partial charge in [0.05, 0.1) is 11.3 Å². The van der Waals surface area contributed by atoms with Crippen molar-refractivity contribution >= 4 is 11.6 Å². The first-order valence-electron chi connectivity index (χ1n) is 11.3. The van der Waals surface area contributed by atoms with E-state index in [0.29, 0.717) is 11.5 Å². The van der Waals surface area contributed by atoms with Crippen LogP contribution in [0.3, 0.4) is 0 Å². The minimum absolute atomic E-state index is 0.0874. The molecule has 0 fully saturated rings. The molecule has 0 aliphatic heterocycles. The average molecular weight is 441 g/mol. The van der Waals surface area contributed by atoms with Crippen molar-refractivity contribution in [1.29, 1.82) is 0 Å². The van der Waals surface area contributed by atoms with Crippen LogP contribution in [-0.2, 0) is 0 Å². The number of rotatable bonds is 6. The Hall–Kier alpha value is -3.66. The van der Waals surface area contributed by atoms with Gasteiger partial charge in [-0.25, -0.2) is 4.39 Å². The molecule has 0 saturated heterocycles. The van der Waals surface area contributed by atoms with Crippen molar-refractivity contribution in [3.8, 4) is 22.4 Å². The number of aromatic nitrogens is 1. The lowest BCUT2D eigenvalue weighted by molar-refractivity contribution is 0.102. The van der Waals surface area contributed by atoms with E-state index in [-0.39, 0.29) is 17.6 Å². The average Bonchev–Trinajstić information content (AvgIpc) is 3.21. The molecule has 1 amide bonds. The molecule has 3 nitrogen and oxygen atoms in total. The van der Waals surface area contributed by atoms with Gasteiger partial charge in [-0.3, -0.25) is 4.79 Å². The molecule has 168 valence electrons. The van der Waals surface area contributed by atoms with Gasteiger partial charge in [-0.15, -0.1) is 0 Å². The Kier molecular flexibility index (Phi) is 6.45. The maximum absolute atomic E-state index is 13.7. The number of halogens is 1. The van der Waals surface area contributed by atoms with Crippen LogP contribution >= 0.6 is 0 Å². The number of H-pyrrole nitrogens is 1. The molecule has 3 aromatic carbocycles. The van der Waals surface area contributed by atoms with Crippen LogP contribution in [0, 0.1) is 5.82 Å². The molecule has 0 bridgehead atoms. The van der Waals surface area contributed by atoms with Gasteiger partial charge in [-0.1, -0.05) is 70.2 Å². The monoisotopic (exact) mass is 440 g/mol. The van der Waals surface area contributed by atoms with Gasteiger partial charge in [0.2, 0.25) is 0 Å². The molecule has 0 saturated carbocycles. The zero-order valence-electron chi connectivity index (χ0n) is 19.4. The van der Waals surface area contributed by atoms with E-state index >= 15 is 0 Å². The highest BCUT2D eigenvalue weighted by molar-refractivity contribution is 6.12. The summed E-state index contributed by atoms with van der Waals surface area (Å²) in [5.74, 6) is 0.0371. The Bertz CT molecular complexity index is 1240. The highest BCUT2D eigenvalue weighted by Gasteiger charge is 2.26. The second-order valence-electron chi connectivity index (χ2n) is 8.92. The van der Waals surface area contributed by atoms with Crippen LogP contribution in [0.2, 0.25) is 0 Å². The van der Waals surface area contributed by atoms with E-state index in [4.69, 9.17) is 0 Å². The molecule has 0 spiro atoms. The van der Waals surface area contributed by atoms with Gasteiger partial charge < -0.3 is 10.3 Å². The largest absolute Gasteiger partial charge is 0.357 e. The maximum Gasteiger partial charge on any atom is 0.258 e. The van der Waals surface area contributed by atoms with Gasteiger partial charge in [0.1, 0.15) is 5.82 Å². The van der Waals surface area contributed by atoms with E-state index in [1.165, 1.54) is 17.7 Å². The summed E-state index contributed by atoms with van der Waals surface area (Å²) in [4.78, 5) is 17.1. The molecule has 33 heavy (non-hydrogen) atoms. The van der Waals surface area contributed by atoms with Crippen molar-refractivity contribution in [2.24, 2.45) is 0 Å². The normalized spacial score (nSPS) is 11.2. The predicted molar refractivity (Wildman–Crippen MR) is 134 cm³/mol. The number of carbonyl (C=O) groups is 1. The van der Waals surface area contributed by atoms with Crippen molar-refractivity contribution < 1.29 is 9.18 Å². The lowest BCUT2D eigenvalue weighted by atomic mass is 9.92. The number of benzene rings is 3. The SMILES string of the molecule is CC(C)c1ccc(-c2c(-c3ccc(F)cc3)[nH]c(C(C)C)c2C(=O)Nc2ccccc2)cc1.